The predicted molar refractivity (Wildman–Crippen MR) is 163 cm³/mol. The van der Waals surface area contributed by atoms with E-state index in [9.17, 15) is 19.2 Å². The number of hydrogen-bond acceptors (Lipinski definition) is 7. The summed E-state index contributed by atoms with van der Waals surface area (Å²) in [7, 11) is 4.33. The zero-order chi connectivity index (χ0) is 30.9. The fraction of sp³-hybridized carbons (Fsp3) is 0.323. The highest BCUT2D eigenvalue weighted by atomic mass is 35.5. The van der Waals surface area contributed by atoms with Crippen LogP contribution in [0.5, 0.6) is 5.88 Å². The Labute approximate surface area is 253 Å². The highest BCUT2D eigenvalue weighted by Gasteiger charge is 2.43. The molecule has 0 radical (unpaired) electrons. The van der Waals surface area contributed by atoms with Crippen LogP contribution in [0.3, 0.4) is 0 Å². The van der Waals surface area contributed by atoms with Gasteiger partial charge in [0.15, 0.2) is 0 Å². The number of amides is 2. The summed E-state index contributed by atoms with van der Waals surface area (Å²) in [6, 6.07) is 11.1. The molecule has 43 heavy (non-hydrogen) atoms. The monoisotopic (exact) mass is 604 g/mol. The van der Waals surface area contributed by atoms with E-state index in [0.29, 0.717) is 36.1 Å². The first-order valence-electron chi connectivity index (χ1n) is 13.8. The number of aromatic nitrogens is 3. The largest absolute Gasteiger partial charge is 0.481 e. The van der Waals surface area contributed by atoms with Crippen LogP contribution in [0.15, 0.2) is 70.4 Å². The Hall–Kier alpha value is -4.48. The van der Waals surface area contributed by atoms with Gasteiger partial charge in [-0.1, -0.05) is 61.0 Å². The molecule has 12 heteroatoms. The van der Waals surface area contributed by atoms with Gasteiger partial charge >= 0.3 is 5.69 Å². The molecule has 2 aliphatic rings. The van der Waals surface area contributed by atoms with Crippen LogP contribution < -0.4 is 31.9 Å². The molecule has 3 aromatic rings. The number of rotatable bonds is 8. The molecule has 1 aliphatic carbocycles. The van der Waals surface area contributed by atoms with Crippen molar-refractivity contribution in [3.8, 4) is 5.88 Å². The van der Waals surface area contributed by atoms with E-state index in [1.54, 1.807) is 6.07 Å². The predicted octanol–water partition coefficient (Wildman–Crippen LogP) is 2.03. The summed E-state index contributed by atoms with van der Waals surface area (Å²) in [5.74, 6) is -0.722. The topological polar surface area (TPSA) is 136 Å². The van der Waals surface area contributed by atoms with Crippen molar-refractivity contribution >= 4 is 29.0 Å². The fourth-order valence-corrected chi connectivity index (χ4v) is 5.86. The molecule has 2 unspecified atom stereocenters. The van der Waals surface area contributed by atoms with Crippen molar-refractivity contribution in [2.45, 2.75) is 31.5 Å². The van der Waals surface area contributed by atoms with Crippen LogP contribution in [0.4, 0.5) is 0 Å². The Kier molecular flexibility index (Phi) is 8.38. The minimum atomic E-state index is -1.24. The van der Waals surface area contributed by atoms with Crippen LogP contribution in [-0.2, 0) is 31.0 Å². The van der Waals surface area contributed by atoms with Crippen LogP contribution in [-0.4, -0.2) is 45.6 Å². The van der Waals surface area contributed by atoms with Gasteiger partial charge in [-0.15, -0.1) is 0 Å². The van der Waals surface area contributed by atoms with Gasteiger partial charge in [-0.3, -0.25) is 19.0 Å². The number of halogens is 1. The van der Waals surface area contributed by atoms with E-state index in [1.807, 2.05) is 55.5 Å². The van der Waals surface area contributed by atoms with Gasteiger partial charge in [0.1, 0.15) is 11.1 Å². The van der Waals surface area contributed by atoms with Gasteiger partial charge in [-0.05, 0) is 23.3 Å². The number of ether oxygens (including phenoxy) is 1. The zero-order valence-corrected chi connectivity index (χ0v) is 25.1. The van der Waals surface area contributed by atoms with Crippen molar-refractivity contribution in [1.29, 1.82) is 0 Å². The fourth-order valence-electron chi connectivity index (χ4n) is 5.61. The van der Waals surface area contributed by atoms with Crippen molar-refractivity contribution < 1.29 is 14.3 Å². The Morgan fingerprint density at radius 2 is 1.95 bits per heavy atom. The summed E-state index contributed by atoms with van der Waals surface area (Å²) in [5.41, 5.74) is 0.218. The second kappa shape index (κ2) is 12.0. The molecule has 1 saturated heterocycles. The van der Waals surface area contributed by atoms with Crippen LogP contribution in [0.1, 0.15) is 40.5 Å². The summed E-state index contributed by atoms with van der Waals surface area (Å²) in [4.78, 5) is 55.6. The third kappa shape index (κ3) is 5.65. The summed E-state index contributed by atoms with van der Waals surface area (Å²) in [6.07, 6.45) is 7.23. The molecule has 2 amide bonds. The number of allylic oxidation sites excluding steroid dienone is 2. The standard InChI is InChI=1S/C31H33ClN6O5/c1-18-21(22-8-5-6-10-24(22)32)9-7-13-31(18,36-27(40)23-17-37(2)30(42)38(3)29(23)41)25-12-11-19(28(35-25)43-4)15-33-20-14-26(39)34-16-20/h5-13,17-18,20,33H,14-16H2,1-4H3,(H,34,39)(H,36,40)/t18-,20?,31?/m0/s1. The number of carbonyl (C=O) groups is 2. The van der Waals surface area contributed by atoms with E-state index >= 15 is 0 Å². The first-order chi connectivity index (χ1) is 20.6. The average Bonchev–Trinajstić information content (AvgIpc) is 3.43. The molecule has 3 atom stereocenters. The van der Waals surface area contributed by atoms with Gasteiger partial charge < -0.3 is 25.3 Å². The zero-order valence-electron chi connectivity index (χ0n) is 24.3. The average molecular weight is 605 g/mol. The SMILES string of the molecule is COc1nc(C2(NC(=O)c3cn(C)c(=O)n(C)c3=O)C=CC=C(c3ccccc3Cl)[C@@H]2C)ccc1CNC1CNC(=O)C1. The molecule has 1 aliphatic heterocycles. The van der Waals surface area contributed by atoms with Gasteiger partial charge in [0.2, 0.25) is 11.8 Å². The highest BCUT2D eigenvalue weighted by molar-refractivity contribution is 6.32. The Morgan fingerprint density at radius 1 is 1.19 bits per heavy atom. The van der Waals surface area contributed by atoms with E-state index < -0.39 is 28.6 Å². The maximum atomic E-state index is 13.9. The number of nitrogens with zero attached hydrogens (tertiary/aromatic N) is 3. The Balaban J connectivity index is 1.58. The van der Waals surface area contributed by atoms with Crippen LogP contribution >= 0.6 is 11.6 Å². The van der Waals surface area contributed by atoms with Crippen LogP contribution in [0, 0.1) is 5.92 Å². The Morgan fingerprint density at radius 3 is 2.65 bits per heavy atom. The van der Waals surface area contributed by atoms with Gasteiger partial charge in [-0.25, -0.2) is 9.78 Å². The number of benzene rings is 1. The minimum Gasteiger partial charge on any atom is -0.481 e. The van der Waals surface area contributed by atoms with Crippen molar-refractivity contribution in [3.05, 3.63) is 109 Å². The number of hydrogen-bond donors (Lipinski definition) is 3. The molecule has 0 bridgehead atoms. The summed E-state index contributed by atoms with van der Waals surface area (Å²) in [5, 5.41) is 9.80. The second-order valence-corrected chi connectivity index (χ2v) is 11.2. The van der Waals surface area contributed by atoms with Crippen LogP contribution in [0.25, 0.3) is 5.57 Å². The van der Waals surface area contributed by atoms with E-state index in [1.165, 1.54) is 32.0 Å². The first kappa shape index (κ1) is 30.0. The molecule has 2 aromatic heterocycles. The van der Waals surface area contributed by atoms with E-state index in [0.717, 1.165) is 21.3 Å². The molecule has 0 spiro atoms. The number of methoxy groups -OCH3 is 1. The first-order valence-corrected chi connectivity index (χ1v) is 14.2. The third-order valence-corrected chi connectivity index (χ3v) is 8.43. The maximum absolute atomic E-state index is 13.9. The quantitative estimate of drug-likeness (QED) is 0.358. The molecule has 224 valence electrons. The third-order valence-electron chi connectivity index (χ3n) is 8.10. The Bertz CT molecular complexity index is 1780. The molecule has 1 aromatic carbocycles. The van der Waals surface area contributed by atoms with Gasteiger partial charge in [0, 0.05) is 62.3 Å². The normalized spacial score (nSPS) is 21.3. The van der Waals surface area contributed by atoms with E-state index in [2.05, 4.69) is 16.0 Å². The van der Waals surface area contributed by atoms with Crippen molar-refractivity contribution in [2.75, 3.05) is 13.7 Å². The smallest absolute Gasteiger partial charge is 0.330 e. The molecule has 11 nitrogen and oxygen atoms in total. The van der Waals surface area contributed by atoms with Crippen molar-refractivity contribution in [3.63, 3.8) is 0 Å². The number of aryl methyl sites for hydroxylation is 1. The lowest BCUT2D eigenvalue weighted by Crippen LogP contribution is -2.52. The molecular weight excluding hydrogens is 572 g/mol. The number of pyridine rings is 1. The molecule has 0 saturated carbocycles. The molecule has 1 fully saturated rings. The summed E-state index contributed by atoms with van der Waals surface area (Å²) in [6.45, 7) is 2.91. The lowest BCUT2D eigenvalue weighted by molar-refractivity contribution is -0.119. The van der Waals surface area contributed by atoms with E-state index in [-0.39, 0.29) is 17.5 Å². The van der Waals surface area contributed by atoms with E-state index in [4.69, 9.17) is 21.3 Å². The van der Waals surface area contributed by atoms with Crippen molar-refractivity contribution in [2.24, 2.45) is 20.0 Å². The van der Waals surface area contributed by atoms with Gasteiger partial charge in [0.25, 0.3) is 11.5 Å². The van der Waals surface area contributed by atoms with Crippen molar-refractivity contribution in [1.82, 2.24) is 30.1 Å². The minimum absolute atomic E-state index is 0.00317. The molecule has 3 N–H and O–H groups in total. The lowest BCUT2D eigenvalue weighted by Gasteiger charge is -2.40. The molecular formula is C31H33ClN6O5. The van der Waals surface area contributed by atoms with Gasteiger partial charge in [0.05, 0.1) is 12.8 Å². The summed E-state index contributed by atoms with van der Waals surface area (Å²) >= 11 is 6.60. The number of nitrogens with one attached hydrogen (secondary N) is 3. The highest BCUT2D eigenvalue weighted by Crippen LogP contribution is 2.44. The summed E-state index contributed by atoms with van der Waals surface area (Å²) < 4.78 is 7.77. The van der Waals surface area contributed by atoms with Crippen LogP contribution in [0.2, 0.25) is 5.02 Å². The maximum Gasteiger partial charge on any atom is 0.330 e. The van der Waals surface area contributed by atoms with Gasteiger partial charge in [-0.2, -0.15) is 0 Å². The second-order valence-electron chi connectivity index (χ2n) is 10.8. The molecule has 5 rings (SSSR count). The lowest BCUT2D eigenvalue weighted by atomic mass is 9.72. The molecule has 3 heterocycles. The number of carbonyl (C=O) groups excluding carboxylic acids is 2.